The van der Waals surface area contributed by atoms with Gasteiger partial charge in [0.15, 0.2) is 5.78 Å². The summed E-state index contributed by atoms with van der Waals surface area (Å²) >= 11 is 0. The minimum Gasteiger partial charge on any atom is -0.456 e. The Hall–Kier alpha value is -2.69. The molecule has 21 heavy (non-hydrogen) atoms. The van der Waals surface area contributed by atoms with Crippen LogP contribution in [0.25, 0.3) is 17.4 Å². The van der Waals surface area contributed by atoms with Crippen LogP contribution in [0.1, 0.15) is 36.4 Å². The monoisotopic (exact) mass is 285 g/mol. The van der Waals surface area contributed by atoms with Crippen LogP contribution in [0.4, 0.5) is 0 Å². The van der Waals surface area contributed by atoms with Crippen LogP contribution in [-0.4, -0.2) is 10.7 Å². The Labute approximate surface area is 122 Å². The Morgan fingerprint density at radius 1 is 1.24 bits per heavy atom. The summed E-state index contributed by atoms with van der Waals surface area (Å²) in [6, 6.07) is 10.5. The molecule has 0 fully saturated rings. The molecule has 108 valence electrons. The molecule has 0 unspecified atom stereocenters. The van der Waals surface area contributed by atoms with E-state index in [4.69, 9.17) is 4.42 Å². The SMILES string of the molecule is CC/C(=C\c1ccc(-c2ccc(C(C)=O)cc2)o1)[N+](=O)[O-]. The Balaban J connectivity index is 2.27. The Morgan fingerprint density at radius 3 is 2.43 bits per heavy atom. The molecular weight excluding hydrogens is 270 g/mol. The van der Waals surface area contributed by atoms with Crippen LogP contribution in [0.2, 0.25) is 0 Å². The average Bonchev–Trinajstić information content (AvgIpc) is 2.93. The smallest absolute Gasteiger partial charge is 0.249 e. The minimum atomic E-state index is -0.413. The highest BCUT2D eigenvalue weighted by Crippen LogP contribution is 2.24. The van der Waals surface area contributed by atoms with Crippen molar-refractivity contribution in [3.05, 3.63) is 63.5 Å². The van der Waals surface area contributed by atoms with Crippen molar-refractivity contribution in [2.45, 2.75) is 20.3 Å². The van der Waals surface area contributed by atoms with E-state index in [0.29, 0.717) is 23.5 Å². The third kappa shape index (κ3) is 3.45. The molecule has 0 saturated heterocycles. The van der Waals surface area contributed by atoms with Crippen molar-refractivity contribution < 1.29 is 14.1 Å². The number of carbonyl (C=O) groups excluding carboxylic acids is 1. The third-order valence-corrected chi connectivity index (χ3v) is 3.11. The number of hydrogen-bond donors (Lipinski definition) is 0. The van der Waals surface area contributed by atoms with Crippen LogP contribution in [0, 0.1) is 10.1 Å². The van der Waals surface area contributed by atoms with E-state index in [1.165, 1.54) is 13.0 Å². The Bertz CT molecular complexity index is 695. The standard InChI is InChI=1S/C16H15NO4/c1-3-14(17(19)20)10-15-8-9-16(21-15)13-6-4-12(5-7-13)11(2)18/h4-10H,3H2,1-2H3/b14-10+. The molecule has 0 amide bonds. The van der Waals surface area contributed by atoms with Crippen molar-refractivity contribution in [3.8, 4) is 11.3 Å². The van der Waals surface area contributed by atoms with Gasteiger partial charge in [0.25, 0.3) is 0 Å². The Morgan fingerprint density at radius 2 is 1.90 bits per heavy atom. The number of benzene rings is 1. The molecule has 0 aliphatic rings. The molecule has 0 bridgehead atoms. The summed E-state index contributed by atoms with van der Waals surface area (Å²) in [6.45, 7) is 3.23. The second-order valence-corrected chi connectivity index (χ2v) is 4.58. The number of nitrogens with zero attached hydrogens (tertiary/aromatic N) is 1. The third-order valence-electron chi connectivity index (χ3n) is 3.11. The molecule has 0 saturated carbocycles. The van der Waals surface area contributed by atoms with Crippen molar-refractivity contribution in [1.82, 2.24) is 0 Å². The number of allylic oxidation sites excluding steroid dienone is 1. The lowest BCUT2D eigenvalue weighted by molar-refractivity contribution is -0.425. The molecule has 0 atom stereocenters. The average molecular weight is 285 g/mol. The van der Waals surface area contributed by atoms with Crippen molar-refractivity contribution >= 4 is 11.9 Å². The number of ketones is 1. The van der Waals surface area contributed by atoms with Gasteiger partial charge in [-0.05, 0) is 19.1 Å². The lowest BCUT2D eigenvalue weighted by atomic mass is 10.1. The molecule has 1 heterocycles. The van der Waals surface area contributed by atoms with Gasteiger partial charge in [-0.3, -0.25) is 14.9 Å². The predicted octanol–water partition coefficient (Wildman–Crippen LogP) is 4.18. The normalized spacial score (nSPS) is 11.4. The molecule has 0 aliphatic heterocycles. The van der Waals surface area contributed by atoms with Gasteiger partial charge in [0.2, 0.25) is 5.70 Å². The van der Waals surface area contributed by atoms with Crippen LogP contribution >= 0.6 is 0 Å². The Kier molecular flexibility index (Phi) is 4.33. The summed E-state index contributed by atoms with van der Waals surface area (Å²) in [5.41, 5.74) is 1.55. The molecule has 0 radical (unpaired) electrons. The highest BCUT2D eigenvalue weighted by atomic mass is 16.6. The van der Waals surface area contributed by atoms with Crippen molar-refractivity contribution in [2.75, 3.05) is 0 Å². The number of nitro groups is 1. The fraction of sp³-hybridized carbons (Fsp3) is 0.188. The van der Waals surface area contributed by atoms with Crippen molar-refractivity contribution in [3.63, 3.8) is 0 Å². The van der Waals surface area contributed by atoms with E-state index in [9.17, 15) is 14.9 Å². The van der Waals surface area contributed by atoms with E-state index in [-0.39, 0.29) is 11.5 Å². The maximum Gasteiger partial charge on any atom is 0.249 e. The molecule has 0 spiro atoms. The quantitative estimate of drug-likeness (QED) is 0.469. The van der Waals surface area contributed by atoms with Crippen LogP contribution in [0.15, 0.2) is 46.5 Å². The number of rotatable bonds is 5. The fourth-order valence-corrected chi connectivity index (χ4v) is 1.90. The van der Waals surface area contributed by atoms with Gasteiger partial charge >= 0.3 is 0 Å². The molecule has 0 aliphatic carbocycles. The molecular formula is C16H15NO4. The lowest BCUT2D eigenvalue weighted by Gasteiger charge is -1.99. The number of furan rings is 1. The number of Topliss-reactive ketones (excluding diaryl/α,β-unsaturated/α-hetero) is 1. The molecule has 1 aromatic carbocycles. The number of hydrogen-bond acceptors (Lipinski definition) is 4. The summed E-state index contributed by atoms with van der Waals surface area (Å²) in [7, 11) is 0. The van der Waals surface area contributed by atoms with Gasteiger partial charge in [0.1, 0.15) is 11.5 Å². The number of carbonyl (C=O) groups is 1. The second-order valence-electron chi connectivity index (χ2n) is 4.58. The zero-order chi connectivity index (χ0) is 15.4. The van der Waals surface area contributed by atoms with Crippen molar-refractivity contribution in [2.24, 2.45) is 0 Å². The van der Waals surface area contributed by atoms with E-state index >= 15 is 0 Å². The molecule has 0 N–H and O–H groups in total. The fourth-order valence-electron chi connectivity index (χ4n) is 1.90. The maximum absolute atomic E-state index is 11.2. The lowest BCUT2D eigenvalue weighted by Crippen LogP contribution is -1.96. The van der Waals surface area contributed by atoms with Gasteiger partial charge in [-0.1, -0.05) is 31.2 Å². The van der Waals surface area contributed by atoms with Gasteiger partial charge in [-0.2, -0.15) is 0 Å². The highest BCUT2D eigenvalue weighted by Gasteiger charge is 2.10. The van der Waals surface area contributed by atoms with E-state index in [0.717, 1.165) is 5.56 Å². The summed E-state index contributed by atoms with van der Waals surface area (Å²) in [6.07, 6.45) is 1.75. The van der Waals surface area contributed by atoms with Gasteiger partial charge < -0.3 is 4.42 Å². The summed E-state index contributed by atoms with van der Waals surface area (Å²) in [5, 5.41) is 10.8. The van der Waals surface area contributed by atoms with E-state index in [1.807, 2.05) is 0 Å². The molecule has 5 nitrogen and oxygen atoms in total. The molecule has 5 heteroatoms. The van der Waals surface area contributed by atoms with Crippen LogP contribution in [0.3, 0.4) is 0 Å². The summed E-state index contributed by atoms with van der Waals surface area (Å²) < 4.78 is 5.59. The highest BCUT2D eigenvalue weighted by molar-refractivity contribution is 5.94. The first kappa shape index (κ1) is 14.7. The van der Waals surface area contributed by atoms with Gasteiger partial charge in [0.05, 0.1) is 11.0 Å². The topological polar surface area (TPSA) is 73.3 Å². The largest absolute Gasteiger partial charge is 0.456 e. The van der Waals surface area contributed by atoms with E-state index in [2.05, 4.69) is 0 Å². The van der Waals surface area contributed by atoms with E-state index in [1.54, 1.807) is 43.3 Å². The van der Waals surface area contributed by atoms with Gasteiger partial charge in [-0.25, -0.2) is 0 Å². The maximum atomic E-state index is 11.2. The zero-order valence-electron chi connectivity index (χ0n) is 11.8. The first-order valence-electron chi connectivity index (χ1n) is 6.57. The second kappa shape index (κ2) is 6.17. The van der Waals surface area contributed by atoms with Gasteiger partial charge in [-0.15, -0.1) is 0 Å². The van der Waals surface area contributed by atoms with Crippen LogP contribution in [0.5, 0.6) is 0 Å². The van der Waals surface area contributed by atoms with Crippen LogP contribution in [-0.2, 0) is 0 Å². The predicted molar refractivity (Wildman–Crippen MR) is 79.4 cm³/mol. The molecule has 1 aromatic heterocycles. The zero-order valence-corrected chi connectivity index (χ0v) is 11.8. The first-order valence-corrected chi connectivity index (χ1v) is 6.57. The molecule has 2 rings (SSSR count). The van der Waals surface area contributed by atoms with E-state index < -0.39 is 4.92 Å². The van der Waals surface area contributed by atoms with Crippen LogP contribution < -0.4 is 0 Å². The first-order chi connectivity index (χ1) is 10.0. The summed E-state index contributed by atoms with van der Waals surface area (Å²) in [4.78, 5) is 21.6. The minimum absolute atomic E-state index is 0.00295. The van der Waals surface area contributed by atoms with Crippen molar-refractivity contribution in [1.29, 1.82) is 0 Å². The van der Waals surface area contributed by atoms with Gasteiger partial charge in [0, 0.05) is 17.5 Å². The molecule has 2 aromatic rings. The summed E-state index contributed by atoms with van der Waals surface area (Å²) in [5.74, 6) is 1.05.